The molecular formula is C16H24BNO3. The van der Waals surface area contributed by atoms with Gasteiger partial charge in [-0.05, 0) is 33.8 Å². The van der Waals surface area contributed by atoms with Gasteiger partial charge in [-0.15, -0.1) is 0 Å². The molecule has 1 aliphatic heterocycles. The van der Waals surface area contributed by atoms with Gasteiger partial charge in [-0.3, -0.25) is 4.79 Å². The molecule has 1 heterocycles. The average molecular weight is 289 g/mol. The Kier molecular flexibility index (Phi) is 4.18. The summed E-state index contributed by atoms with van der Waals surface area (Å²) in [6, 6.07) is 7.62. The van der Waals surface area contributed by atoms with Crippen LogP contribution in [-0.4, -0.2) is 24.2 Å². The summed E-state index contributed by atoms with van der Waals surface area (Å²) in [6.07, 6.45) is 0. The second-order valence-corrected chi connectivity index (χ2v) is 6.82. The summed E-state index contributed by atoms with van der Waals surface area (Å²) in [5.41, 5.74) is 0.805. The molecule has 5 heteroatoms. The van der Waals surface area contributed by atoms with Gasteiger partial charge in [0.05, 0.1) is 11.2 Å². The van der Waals surface area contributed by atoms with Crippen molar-refractivity contribution in [1.29, 1.82) is 0 Å². The van der Waals surface area contributed by atoms with E-state index in [0.717, 1.165) is 11.2 Å². The molecule has 1 aromatic carbocycles. The van der Waals surface area contributed by atoms with Gasteiger partial charge in [-0.1, -0.05) is 32.0 Å². The van der Waals surface area contributed by atoms with Crippen LogP contribution in [0, 0.1) is 5.92 Å². The standard InChI is InChI=1S/C16H24BNO3/c1-11(2)14(19)18-13-10-8-7-9-12(13)17-20-15(3,4)16(5,6)21-17/h7-11H,1-6H3,(H,18,19). The molecule has 0 saturated carbocycles. The maximum absolute atomic E-state index is 11.9. The zero-order valence-corrected chi connectivity index (χ0v) is 13.7. The van der Waals surface area contributed by atoms with Gasteiger partial charge in [0.2, 0.25) is 5.91 Å². The topological polar surface area (TPSA) is 47.6 Å². The first-order valence-electron chi connectivity index (χ1n) is 7.39. The zero-order valence-electron chi connectivity index (χ0n) is 13.7. The fourth-order valence-electron chi connectivity index (χ4n) is 2.06. The van der Waals surface area contributed by atoms with Crippen LogP contribution in [0.2, 0.25) is 0 Å². The second kappa shape index (κ2) is 5.46. The Morgan fingerprint density at radius 3 is 2.14 bits per heavy atom. The van der Waals surface area contributed by atoms with Crippen LogP contribution in [0.3, 0.4) is 0 Å². The highest BCUT2D eigenvalue weighted by Gasteiger charge is 2.52. The predicted molar refractivity (Wildman–Crippen MR) is 85.6 cm³/mol. The van der Waals surface area contributed by atoms with Crippen LogP contribution < -0.4 is 10.8 Å². The fourth-order valence-corrected chi connectivity index (χ4v) is 2.06. The summed E-state index contributed by atoms with van der Waals surface area (Å²) in [6.45, 7) is 11.8. The number of carbonyl (C=O) groups excluding carboxylic acids is 1. The maximum Gasteiger partial charge on any atom is 0.496 e. The second-order valence-electron chi connectivity index (χ2n) is 6.82. The third-order valence-corrected chi connectivity index (χ3v) is 4.25. The average Bonchev–Trinajstić information content (AvgIpc) is 2.58. The van der Waals surface area contributed by atoms with Crippen LogP contribution in [0.15, 0.2) is 24.3 Å². The Morgan fingerprint density at radius 1 is 1.10 bits per heavy atom. The molecule has 21 heavy (non-hydrogen) atoms. The predicted octanol–water partition coefficient (Wildman–Crippen LogP) is 2.58. The molecule has 0 aromatic heterocycles. The molecule has 1 aromatic rings. The van der Waals surface area contributed by atoms with E-state index in [1.807, 2.05) is 65.8 Å². The molecule has 0 unspecified atom stereocenters. The lowest BCUT2D eigenvalue weighted by molar-refractivity contribution is -0.118. The minimum atomic E-state index is -0.473. The number of hydrogen-bond donors (Lipinski definition) is 1. The lowest BCUT2D eigenvalue weighted by atomic mass is 9.77. The number of amides is 1. The first kappa shape index (κ1) is 16.1. The van der Waals surface area contributed by atoms with E-state index in [4.69, 9.17) is 9.31 Å². The zero-order chi connectivity index (χ0) is 15.8. The van der Waals surface area contributed by atoms with Crippen LogP contribution in [0.4, 0.5) is 5.69 Å². The van der Waals surface area contributed by atoms with Crippen molar-refractivity contribution >= 4 is 24.2 Å². The molecule has 0 spiro atoms. The number of nitrogens with one attached hydrogen (secondary N) is 1. The van der Waals surface area contributed by atoms with E-state index in [1.54, 1.807) is 0 Å². The van der Waals surface area contributed by atoms with Gasteiger partial charge < -0.3 is 14.6 Å². The van der Waals surface area contributed by atoms with Crippen molar-refractivity contribution in [3.8, 4) is 0 Å². The van der Waals surface area contributed by atoms with E-state index in [-0.39, 0.29) is 11.8 Å². The Bertz CT molecular complexity index is 524. The van der Waals surface area contributed by atoms with Crippen molar-refractivity contribution in [2.45, 2.75) is 52.7 Å². The summed E-state index contributed by atoms with van der Waals surface area (Å²) in [5.74, 6) is -0.0877. The largest absolute Gasteiger partial charge is 0.496 e. The summed E-state index contributed by atoms with van der Waals surface area (Å²) >= 11 is 0. The number of rotatable bonds is 3. The molecular weight excluding hydrogens is 265 g/mol. The molecule has 0 aliphatic carbocycles. The molecule has 1 fully saturated rings. The van der Waals surface area contributed by atoms with Gasteiger partial charge in [-0.25, -0.2) is 0 Å². The highest BCUT2D eigenvalue weighted by molar-refractivity contribution is 6.64. The maximum atomic E-state index is 11.9. The highest BCUT2D eigenvalue weighted by atomic mass is 16.7. The lowest BCUT2D eigenvalue weighted by Gasteiger charge is -2.32. The van der Waals surface area contributed by atoms with E-state index in [9.17, 15) is 4.79 Å². The third kappa shape index (κ3) is 3.14. The van der Waals surface area contributed by atoms with E-state index < -0.39 is 18.3 Å². The highest BCUT2D eigenvalue weighted by Crippen LogP contribution is 2.36. The quantitative estimate of drug-likeness (QED) is 0.870. The minimum absolute atomic E-state index is 0.0148. The molecule has 0 radical (unpaired) electrons. The SMILES string of the molecule is CC(C)C(=O)Nc1ccccc1B1OC(C)(C)C(C)(C)O1. The number of para-hydroxylation sites is 1. The number of hydrogen-bond acceptors (Lipinski definition) is 3. The summed E-state index contributed by atoms with van der Waals surface area (Å²) in [7, 11) is -0.473. The van der Waals surface area contributed by atoms with Crippen molar-refractivity contribution in [1.82, 2.24) is 0 Å². The van der Waals surface area contributed by atoms with Crippen molar-refractivity contribution in [3.05, 3.63) is 24.3 Å². The molecule has 114 valence electrons. The van der Waals surface area contributed by atoms with E-state index in [2.05, 4.69) is 5.32 Å². The van der Waals surface area contributed by atoms with Crippen LogP contribution in [0.5, 0.6) is 0 Å². The molecule has 4 nitrogen and oxygen atoms in total. The molecule has 0 bridgehead atoms. The fraction of sp³-hybridized carbons (Fsp3) is 0.562. The van der Waals surface area contributed by atoms with Gasteiger partial charge >= 0.3 is 7.12 Å². The molecule has 2 rings (SSSR count). The van der Waals surface area contributed by atoms with Crippen molar-refractivity contribution < 1.29 is 14.1 Å². The normalized spacial score (nSPS) is 19.9. The van der Waals surface area contributed by atoms with Crippen LogP contribution in [-0.2, 0) is 14.1 Å². The van der Waals surface area contributed by atoms with Crippen LogP contribution in [0.25, 0.3) is 0 Å². The van der Waals surface area contributed by atoms with Crippen molar-refractivity contribution in [2.75, 3.05) is 5.32 Å². The van der Waals surface area contributed by atoms with E-state index in [0.29, 0.717) is 0 Å². The molecule has 1 saturated heterocycles. The summed E-state index contributed by atoms with van der Waals surface area (Å²) in [5, 5.41) is 2.94. The molecule has 1 N–H and O–H groups in total. The molecule has 1 aliphatic rings. The first-order chi connectivity index (χ1) is 9.64. The van der Waals surface area contributed by atoms with Crippen molar-refractivity contribution in [3.63, 3.8) is 0 Å². The van der Waals surface area contributed by atoms with E-state index in [1.165, 1.54) is 0 Å². The number of anilines is 1. The summed E-state index contributed by atoms with van der Waals surface area (Å²) in [4.78, 5) is 11.9. The third-order valence-electron chi connectivity index (χ3n) is 4.25. The van der Waals surface area contributed by atoms with Gasteiger partial charge in [0.25, 0.3) is 0 Å². The van der Waals surface area contributed by atoms with Gasteiger partial charge in [0.1, 0.15) is 0 Å². The minimum Gasteiger partial charge on any atom is -0.399 e. The van der Waals surface area contributed by atoms with Crippen LogP contribution in [0.1, 0.15) is 41.5 Å². The Labute approximate surface area is 127 Å². The van der Waals surface area contributed by atoms with Gasteiger partial charge in [0.15, 0.2) is 0 Å². The molecule has 1 amide bonds. The van der Waals surface area contributed by atoms with Crippen LogP contribution >= 0.6 is 0 Å². The van der Waals surface area contributed by atoms with Gasteiger partial charge in [-0.2, -0.15) is 0 Å². The lowest BCUT2D eigenvalue weighted by Crippen LogP contribution is -2.41. The smallest absolute Gasteiger partial charge is 0.399 e. The first-order valence-corrected chi connectivity index (χ1v) is 7.39. The Hall–Kier alpha value is -1.33. The summed E-state index contributed by atoms with van der Waals surface area (Å²) < 4.78 is 12.1. The van der Waals surface area contributed by atoms with E-state index >= 15 is 0 Å². The number of carbonyl (C=O) groups is 1. The number of benzene rings is 1. The molecule has 0 atom stereocenters. The Balaban J connectivity index is 2.28. The van der Waals surface area contributed by atoms with Gasteiger partial charge in [0, 0.05) is 17.1 Å². The Morgan fingerprint density at radius 2 is 1.62 bits per heavy atom. The van der Waals surface area contributed by atoms with Crippen molar-refractivity contribution in [2.24, 2.45) is 5.92 Å². The monoisotopic (exact) mass is 289 g/mol.